The van der Waals surface area contributed by atoms with Crippen LogP contribution in [0.1, 0.15) is 19.8 Å². The third-order valence-corrected chi connectivity index (χ3v) is 2.89. The molecule has 0 radical (unpaired) electrons. The normalized spacial score (nSPS) is 18.1. The minimum Gasteiger partial charge on any atom is -0.360 e. The Bertz CT molecular complexity index is 383. The topological polar surface area (TPSA) is 88.3 Å². The van der Waals surface area contributed by atoms with Gasteiger partial charge in [0.1, 0.15) is 18.8 Å². The van der Waals surface area contributed by atoms with E-state index in [0.29, 0.717) is 25.3 Å². The molecule has 8 nitrogen and oxygen atoms in total. The Morgan fingerprint density at radius 1 is 1.58 bits per heavy atom. The van der Waals surface area contributed by atoms with Crippen molar-refractivity contribution in [3.63, 3.8) is 0 Å². The predicted molar refractivity (Wildman–Crippen MR) is 69.1 cm³/mol. The molecule has 1 aliphatic heterocycles. The van der Waals surface area contributed by atoms with Crippen LogP contribution in [0.15, 0.2) is 29.6 Å². The van der Waals surface area contributed by atoms with Gasteiger partial charge in [-0.05, 0) is 5.18 Å². The highest BCUT2D eigenvalue weighted by Gasteiger charge is 2.19. The molecule has 1 atom stereocenters. The molecule has 0 aliphatic carbocycles. The van der Waals surface area contributed by atoms with E-state index in [1.807, 2.05) is 0 Å². The summed E-state index contributed by atoms with van der Waals surface area (Å²) >= 11 is 0. The second-order valence-electron chi connectivity index (χ2n) is 4.14. The maximum atomic E-state index is 10.6. The predicted octanol–water partition coefficient (Wildman–Crippen LogP) is 1.69. The van der Waals surface area contributed by atoms with Crippen LogP contribution in [0.2, 0.25) is 0 Å². The van der Waals surface area contributed by atoms with Crippen LogP contribution in [0.4, 0.5) is 0 Å². The van der Waals surface area contributed by atoms with Crippen molar-refractivity contribution >= 4 is 0 Å². The van der Waals surface area contributed by atoms with Gasteiger partial charge in [0.25, 0.3) is 0 Å². The molecule has 0 saturated heterocycles. The van der Waals surface area contributed by atoms with E-state index in [9.17, 15) is 15.0 Å². The van der Waals surface area contributed by atoms with Crippen molar-refractivity contribution in [1.29, 1.82) is 0 Å². The summed E-state index contributed by atoms with van der Waals surface area (Å²) in [5.41, 5.74) is 0. The van der Waals surface area contributed by atoms with Crippen LogP contribution in [0.25, 0.3) is 0 Å². The summed E-state index contributed by atoms with van der Waals surface area (Å²) in [6.45, 7) is 2.31. The van der Waals surface area contributed by atoms with Crippen LogP contribution in [0.3, 0.4) is 0 Å². The van der Waals surface area contributed by atoms with Crippen molar-refractivity contribution in [2.45, 2.75) is 25.8 Å². The van der Waals surface area contributed by atoms with Crippen molar-refractivity contribution in [1.82, 2.24) is 9.80 Å². The highest BCUT2D eigenvalue weighted by molar-refractivity contribution is 5.12. The summed E-state index contributed by atoms with van der Waals surface area (Å²) in [5, 5.41) is 13.4. The Kier molecular flexibility index (Phi) is 5.94. The summed E-state index contributed by atoms with van der Waals surface area (Å²) in [6.07, 6.45) is 5.58. The fourth-order valence-electron chi connectivity index (χ4n) is 1.70. The summed E-state index contributed by atoms with van der Waals surface area (Å²) in [6, 6.07) is -0.566. The molecule has 0 aromatic heterocycles. The molecule has 1 heterocycles. The van der Waals surface area contributed by atoms with Crippen molar-refractivity contribution in [3.05, 3.63) is 39.4 Å². The van der Waals surface area contributed by atoms with E-state index in [1.165, 1.54) is 6.20 Å². The quantitative estimate of drug-likeness (QED) is 0.288. The Hall–Kier alpha value is -1.96. The number of hydrogen-bond donors (Lipinski definition) is 0. The number of nitrogens with zero attached hydrogens (tertiary/aromatic N) is 4. The molecule has 1 rings (SSSR count). The van der Waals surface area contributed by atoms with E-state index in [2.05, 4.69) is 5.18 Å². The van der Waals surface area contributed by atoms with Gasteiger partial charge in [0.05, 0.1) is 6.61 Å². The number of rotatable bonds is 8. The Morgan fingerprint density at radius 3 is 2.89 bits per heavy atom. The summed E-state index contributed by atoms with van der Waals surface area (Å²) in [4.78, 5) is 24.0. The molecule has 0 aromatic carbocycles. The van der Waals surface area contributed by atoms with Crippen LogP contribution < -0.4 is 0 Å². The van der Waals surface area contributed by atoms with Gasteiger partial charge >= 0.3 is 0 Å². The van der Waals surface area contributed by atoms with E-state index >= 15 is 0 Å². The maximum Gasteiger partial charge on any atom is 0.215 e. The first-order valence-electron chi connectivity index (χ1n) is 6.01. The zero-order valence-corrected chi connectivity index (χ0v) is 11.1. The fraction of sp³-hybridized carbons (Fsp3) is 0.636. The van der Waals surface area contributed by atoms with Crippen molar-refractivity contribution in [2.24, 2.45) is 5.18 Å². The summed E-state index contributed by atoms with van der Waals surface area (Å²) < 4.78 is 5.38. The highest BCUT2D eigenvalue weighted by atomic mass is 16.6. The molecule has 0 spiro atoms. The first-order valence-corrected chi connectivity index (χ1v) is 6.01. The minimum atomic E-state index is -0.566. The van der Waals surface area contributed by atoms with Gasteiger partial charge in [-0.1, -0.05) is 6.92 Å². The average Bonchev–Trinajstić information content (AvgIpc) is 2.71. The van der Waals surface area contributed by atoms with E-state index in [-0.39, 0.29) is 11.7 Å². The van der Waals surface area contributed by atoms with Crippen molar-refractivity contribution in [2.75, 3.05) is 20.4 Å². The fourth-order valence-corrected chi connectivity index (χ4v) is 1.70. The van der Waals surface area contributed by atoms with Gasteiger partial charge in [-0.2, -0.15) is 0 Å². The largest absolute Gasteiger partial charge is 0.360 e. The number of hydrogen-bond acceptors (Lipinski definition) is 7. The molecule has 0 fully saturated rings. The first-order chi connectivity index (χ1) is 9.10. The molecular weight excluding hydrogens is 252 g/mol. The third kappa shape index (κ3) is 4.32. The maximum absolute atomic E-state index is 10.6. The van der Waals surface area contributed by atoms with E-state index in [1.54, 1.807) is 36.2 Å². The van der Waals surface area contributed by atoms with Gasteiger partial charge in [-0.15, -0.1) is 4.91 Å². The Morgan fingerprint density at radius 2 is 2.32 bits per heavy atom. The monoisotopic (exact) mass is 270 g/mol. The molecule has 0 saturated carbocycles. The highest BCUT2D eigenvalue weighted by Crippen LogP contribution is 2.17. The second-order valence-corrected chi connectivity index (χ2v) is 4.14. The Labute approximate surface area is 111 Å². The van der Waals surface area contributed by atoms with E-state index in [4.69, 9.17) is 4.74 Å². The van der Waals surface area contributed by atoms with Gasteiger partial charge in [-0.25, -0.2) is 0 Å². The Balaban J connectivity index is 2.33. The lowest BCUT2D eigenvalue weighted by Crippen LogP contribution is -2.25. The van der Waals surface area contributed by atoms with E-state index in [0.717, 1.165) is 0 Å². The van der Waals surface area contributed by atoms with Crippen molar-refractivity contribution < 1.29 is 9.66 Å². The zero-order chi connectivity index (χ0) is 14.3. The molecule has 1 aliphatic rings. The van der Waals surface area contributed by atoms with Crippen LogP contribution in [-0.2, 0) is 4.74 Å². The van der Waals surface area contributed by atoms with Crippen LogP contribution >= 0.6 is 0 Å². The van der Waals surface area contributed by atoms with Gasteiger partial charge < -0.3 is 14.5 Å². The van der Waals surface area contributed by atoms with Gasteiger partial charge in [0.2, 0.25) is 6.04 Å². The molecule has 106 valence electrons. The molecule has 0 N–H and O–H groups in total. The minimum absolute atomic E-state index is 0.232. The molecule has 19 heavy (non-hydrogen) atoms. The lowest BCUT2D eigenvalue weighted by molar-refractivity contribution is -0.524. The lowest BCUT2D eigenvalue weighted by atomic mass is 10.2. The molecule has 0 amide bonds. The summed E-state index contributed by atoms with van der Waals surface area (Å²) in [7, 11) is 1.79. The molecular formula is C11H18N4O4. The van der Waals surface area contributed by atoms with Crippen molar-refractivity contribution in [3.8, 4) is 0 Å². The van der Waals surface area contributed by atoms with Gasteiger partial charge in [-0.3, -0.25) is 10.1 Å². The van der Waals surface area contributed by atoms with Crippen LogP contribution in [0.5, 0.6) is 0 Å². The zero-order valence-electron chi connectivity index (χ0n) is 11.1. The molecule has 0 aromatic rings. The van der Waals surface area contributed by atoms with Gasteiger partial charge in [0.15, 0.2) is 0 Å². The number of ether oxygens (including phenoxy) is 1. The standard InChI is InChI=1S/C11H18N4O4/c1-3-10(15(17)18)4-7-19-9-14-6-5-13(2)11(14)8-12-16/h5-6,8,10H,3-4,7,9H2,1-2H3/b11-8-. The van der Waals surface area contributed by atoms with Crippen LogP contribution in [-0.4, -0.2) is 41.2 Å². The summed E-state index contributed by atoms with van der Waals surface area (Å²) in [5.74, 6) is 0.608. The molecule has 0 bridgehead atoms. The third-order valence-electron chi connectivity index (χ3n) is 2.89. The van der Waals surface area contributed by atoms with E-state index < -0.39 is 6.04 Å². The number of nitroso groups, excluding NO2 is 1. The average molecular weight is 270 g/mol. The first kappa shape index (κ1) is 15.1. The molecule has 8 heteroatoms. The smallest absolute Gasteiger partial charge is 0.215 e. The lowest BCUT2D eigenvalue weighted by Gasteiger charge is -2.20. The SMILES string of the molecule is CCC(CCOCN1C=CN(C)/C1=C/N=O)[N+](=O)[O-]. The second kappa shape index (κ2) is 7.47. The number of nitro groups is 1. The molecule has 1 unspecified atom stereocenters. The van der Waals surface area contributed by atoms with Gasteiger partial charge in [0, 0.05) is 37.2 Å². The van der Waals surface area contributed by atoms with Crippen LogP contribution in [0, 0.1) is 15.0 Å².